The molecule has 0 bridgehead atoms. The third kappa shape index (κ3) is 2.66. The van der Waals surface area contributed by atoms with E-state index in [4.69, 9.17) is 0 Å². The van der Waals surface area contributed by atoms with E-state index in [0.717, 1.165) is 0 Å². The number of aliphatic hydroxyl groups is 1. The number of nitrogens with zero attached hydrogens (tertiary/aromatic N) is 2. The van der Waals surface area contributed by atoms with Gasteiger partial charge >= 0.3 is 0 Å². The fraction of sp³-hybridized carbons (Fsp3) is 0.556. The van der Waals surface area contributed by atoms with Crippen molar-refractivity contribution in [3.05, 3.63) is 18.0 Å². The van der Waals surface area contributed by atoms with Gasteiger partial charge < -0.3 is 5.11 Å². The van der Waals surface area contributed by atoms with Gasteiger partial charge in [0.2, 0.25) is 0 Å². The zero-order chi connectivity index (χ0) is 10.1. The number of carbonyl (C=O) groups excluding carboxylic acids is 1. The van der Waals surface area contributed by atoms with Crippen LogP contribution in [0.3, 0.4) is 0 Å². The molecule has 0 saturated heterocycles. The summed E-state index contributed by atoms with van der Waals surface area (Å²) in [4.78, 5) is 11.3. The molecular weight excluding hydrogens is 168 g/mol. The van der Waals surface area contributed by atoms with Crippen molar-refractivity contribution in [2.75, 3.05) is 0 Å². The van der Waals surface area contributed by atoms with E-state index in [1.165, 1.54) is 13.8 Å². The number of hydrogen-bond acceptors (Lipinski definition) is 3. The summed E-state index contributed by atoms with van der Waals surface area (Å²) in [6.45, 7) is 2.97. The summed E-state index contributed by atoms with van der Waals surface area (Å²) in [7, 11) is 1.79. The van der Waals surface area contributed by atoms with E-state index < -0.39 is 5.60 Å². The Hall–Kier alpha value is -1.16. The molecule has 0 aliphatic heterocycles. The highest BCUT2D eigenvalue weighted by molar-refractivity contribution is 5.87. The van der Waals surface area contributed by atoms with E-state index >= 15 is 0 Å². The predicted molar refractivity (Wildman–Crippen MR) is 48.2 cm³/mol. The summed E-state index contributed by atoms with van der Waals surface area (Å²) in [5.41, 5.74) is -0.577. The average molecular weight is 182 g/mol. The van der Waals surface area contributed by atoms with Gasteiger partial charge in [-0.15, -0.1) is 0 Å². The van der Waals surface area contributed by atoms with Crippen molar-refractivity contribution in [3.8, 4) is 0 Å². The monoisotopic (exact) mass is 182 g/mol. The topological polar surface area (TPSA) is 55.1 Å². The van der Waals surface area contributed by atoms with E-state index in [9.17, 15) is 9.90 Å². The molecule has 0 radical (unpaired) electrons. The van der Waals surface area contributed by atoms with Crippen LogP contribution in [0.5, 0.6) is 0 Å². The molecular formula is C9H14N2O2. The van der Waals surface area contributed by atoms with Crippen molar-refractivity contribution in [1.82, 2.24) is 9.78 Å². The smallest absolute Gasteiger partial charge is 0.169 e. The van der Waals surface area contributed by atoms with Crippen LogP contribution in [0.4, 0.5) is 0 Å². The first-order valence-corrected chi connectivity index (χ1v) is 4.14. The lowest BCUT2D eigenvalue weighted by atomic mass is 10.00. The van der Waals surface area contributed by atoms with Crippen LogP contribution in [-0.2, 0) is 18.3 Å². The number of carbonyl (C=O) groups is 1. The van der Waals surface area contributed by atoms with Crippen LogP contribution < -0.4 is 0 Å². The van der Waals surface area contributed by atoms with E-state index in [0.29, 0.717) is 5.69 Å². The number of Topliss-reactive ketones (excluding diaryl/α,β-unsaturated/α-hetero) is 1. The van der Waals surface area contributed by atoms with Gasteiger partial charge in [0.25, 0.3) is 0 Å². The first-order valence-electron chi connectivity index (χ1n) is 4.14. The zero-order valence-corrected chi connectivity index (χ0v) is 8.11. The second kappa shape index (κ2) is 3.30. The number of ketones is 1. The van der Waals surface area contributed by atoms with Crippen LogP contribution in [0.15, 0.2) is 12.3 Å². The lowest BCUT2D eigenvalue weighted by molar-refractivity contribution is -0.133. The quantitative estimate of drug-likeness (QED) is 0.731. The minimum atomic E-state index is -1.27. The molecule has 1 rings (SSSR count). The van der Waals surface area contributed by atoms with Gasteiger partial charge in [0, 0.05) is 13.2 Å². The van der Waals surface area contributed by atoms with Gasteiger partial charge in [-0.2, -0.15) is 5.10 Å². The molecule has 0 spiro atoms. The molecule has 1 aromatic rings. The molecule has 0 aliphatic carbocycles. The molecule has 1 heterocycles. The maximum absolute atomic E-state index is 11.3. The van der Waals surface area contributed by atoms with E-state index in [1.807, 2.05) is 0 Å². The van der Waals surface area contributed by atoms with Crippen molar-refractivity contribution >= 4 is 5.78 Å². The highest BCUT2D eigenvalue weighted by Gasteiger charge is 2.24. The third-order valence-corrected chi connectivity index (χ3v) is 1.79. The average Bonchev–Trinajstić information content (AvgIpc) is 2.33. The molecule has 1 N–H and O–H groups in total. The minimum Gasteiger partial charge on any atom is -0.383 e. The molecule has 72 valence electrons. The second-order valence-corrected chi connectivity index (χ2v) is 3.64. The third-order valence-electron chi connectivity index (χ3n) is 1.79. The molecule has 0 unspecified atom stereocenters. The number of aryl methyl sites for hydroxylation is 1. The van der Waals surface area contributed by atoms with Crippen molar-refractivity contribution < 1.29 is 9.90 Å². The lowest BCUT2D eigenvalue weighted by Crippen LogP contribution is -2.32. The highest BCUT2D eigenvalue weighted by atomic mass is 16.3. The number of hydrogen-bond donors (Lipinski definition) is 1. The zero-order valence-electron chi connectivity index (χ0n) is 8.11. The van der Waals surface area contributed by atoms with Gasteiger partial charge in [-0.3, -0.25) is 9.48 Å². The summed E-state index contributed by atoms with van der Waals surface area (Å²) in [5, 5.41) is 13.4. The highest BCUT2D eigenvalue weighted by Crippen LogP contribution is 2.07. The van der Waals surface area contributed by atoms with Crippen molar-refractivity contribution in [2.45, 2.75) is 25.9 Å². The fourth-order valence-corrected chi connectivity index (χ4v) is 0.938. The Kier molecular flexibility index (Phi) is 2.52. The second-order valence-electron chi connectivity index (χ2n) is 3.64. The first-order chi connectivity index (χ1) is 5.89. The van der Waals surface area contributed by atoms with Crippen molar-refractivity contribution in [2.24, 2.45) is 7.05 Å². The standard InChI is InChI=1S/C9H14N2O2/c1-9(2,13)8(12)6-7-4-5-11(3)10-7/h4-5,13H,6H2,1-3H3. The van der Waals surface area contributed by atoms with E-state index in [2.05, 4.69) is 5.10 Å². The largest absolute Gasteiger partial charge is 0.383 e. The molecule has 1 aromatic heterocycles. The van der Waals surface area contributed by atoms with Crippen LogP contribution in [0.25, 0.3) is 0 Å². The summed E-state index contributed by atoms with van der Waals surface area (Å²) in [5.74, 6) is -0.216. The number of rotatable bonds is 3. The Morgan fingerprint density at radius 2 is 2.31 bits per heavy atom. The van der Waals surface area contributed by atoms with Gasteiger partial charge in [-0.25, -0.2) is 0 Å². The first kappa shape index (κ1) is 9.92. The Morgan fingerprint density at radius 1 is 1.69 bits per heavy atom. The summed E-state index contributed by atoms with van der Waals surface area (Å²) in [6.07, 6.45) is 1.96. The Balaban J connectivity index is 2.65. The van der Waals surface area contributed by atoms with Crippen LogP contribution in [-0.4, -0.2) is 26.3 Å². The molecule has 0 aromatic carbocycles. The predicted octanol–water partition coefficient (Wildman–Crippen LogP) is 0.303. The van der Waals surface area contributed by atoms with Gasteiger partial charge in [0.1, 0.15) is 5.60 Å². The van der Waals surface area contributed by atoms with Gasteiger partial charge in [0.15, 0.2) is 5.78 Å². The Bertz CT molecular complexity index is 310. The molecule has 0 saturated carbocycles. The fourth-order valence-electron chi connectivity index (χ4n) is 0.938. The van der Waals surface area contributed by atoms with Crippen molar-refractivity contribution in [1.29, 1.82) is 0 Å². The maximum atomic E-state index is 11.3. The van der Waals surface area contributed by atoms with E-state index in [1.54, 1.807) is 24.0 Å². The van der Waals surface area contributed by atoms with Gasteiger partial charge in [-0.1, -0.05) is 0 Å². The normalized spacial score (nSPS) is 11.7. The molecule has 0 atom stereocenters. The van der Waals surface area contributed by atoms with Crippen LogP contribution in [0.2, 0.25) is 0 Å². The van der Waals surface area contributed by atoms with Crippen molar-refractivity contribution in [3.63, 3.8) is 0 Å². The Labute approximate surface area is 77.2 Å². The van der Waals surface area contributed by atoms with E-state index in [-0.39, 0.29) is 12.2 Å². The molecule has 4 nitrogen and oxygen atoms in total. The summed E-state index contributed by atoms with van der Waals surface area (Å²) >= 11 is 0. The summed E-state index contributed by atoms with van der Waals surface area (Å²) in [6, 6.07) is 1.77. The molecule has 0 fully saturated rings. The maximum Gasteiger partial charge on any atom is 0.169 e. The van der Waals surface area contributed by atoms with Crippen LogP contribution in [0, 0.1) is 0 Å². The van der Waals surface area contributed by atoms with Gasteiger partial charge in [0.05, 0.1) is 12.1 Å². The Morgan fingerprint density at radius 3 is 2.69 bits per heavy atom. The van der Waals surface area contributed by atoms with Crippen LogP contribution in [0.1, 0.15) is 19.5 Å². The lowest BCUT2D eigenvalue weighted by Gasteiger charge is -2.13. The molecule has 13 heavy (non-hydrogen) atoms. The summed E-state index contributed by atoms with van der Waals surface area (Å²) < 4.78 is 1.63. The molecule has 0 amide bonds. The number of aromatic nitrogens is 2. The van der Waals surface area contributed by atoms with Crippen LogP contribution >= 0.6 is 0 Å². The van der Waals surface area contributed by atoms with Gasteiger partial charge in [-0.05, 0) is 19.9 Å². The SMILES string of the molecule is Cn1ccc(CC(=O)C(C)(C)O)n1. The molecule has 4 heteroatoms. The molecule has 0 aliphatic rings. The minimum absolute atomic E-state index is 0.185.